The van der Waals surface area contributed by atoms with Gasteiger partial charge in [0.05, 0.1) is 17.8 Å². The van der Waals surface area contributed by atoms with E-state index in [4.69, 9.17) is 0 Å². The van der Waals surface area contributed by atoms with Crippen molar-refractivity contribution < 1.29 is 9.18 Å². The molecule has 0 saturated carbocycles. The number of benzene rings is 2. The van der Waals surface area contributed by atoms with Crippen LogP contribution in [-0.4, -0.2) is 41.8 Å². The van der Waals surface area contributed by atoms with Gasteiger partial charge in [0, 0.05) is 32.4 Å². The number of aryl methyl sites for hydroxylation is 2. The molecular formula is C24H30FIN6O. The van der Waals surface area contributed by atoms with E-state index in [2.05, 4.69) is 38.2 Å². The second-order valence-electron chi connectivity index (χ2n) is 7.47. The van der Waals surface area contributed by atoms with Crippen LogP contribution in [0.25, 0.3) is 5.69 Å². The fourth-order valence-electron chi connectivity index (χ4n) is 3.37. The third-order valence-corrected chi connectivity index (χ3v) is 4.92. The number of halogens is 2. The normalized spacial score (nSPS) is 11.0. The molecule has 3 aromatic rings. The van der Waals surface area contributed by atoms with Gasteiger partial charge in [0.25, 0.3) is 0 Å². The molecule has 1 aromatic heterocycles. The Labute approximate surface area is 210 Å². The van der Waals surface area contributed by atoms with Crippen molar-refractivity contribution in [2.45, 2.75) is 26.8 Å². The third-order valence-electron chi connectivity index (χ3n) is 4.92. The Morgan fingerprint density at radius 2 is 1.73 bits per heavy atom. The third kappa shape index (κ3) is 7.85. The second kappa shape index (κ2) is 12.9. The summed E-state index contributed by atoms with van der Waals surface area (Å²) in [5, 5.41) is 13.9. The quantitative estimate of drug-likeness (QED) is 0.170. The Morgan fingerprint density at radius 3 is 2.39 bits per heavy atom. The van der Waals surface area contributed by atoms with Crippen molar-refractivity contribution in [3.8, 4) is 5.69 Å². The Morgan fingerprint density at radius 1 is 1.03 bits per heavy atom. The summed E-state index contributed by atoms with van der Waals surface area (Å²) in [4.78, 5) is 16.3. The lowest BCUT2D eigenvalue weighted by atomic mass is 10.1. The molecule has 9 heteroatoms. The zero-order valence-corrected chi connectivity index (χ0v) is 21.4. The molecule has 33 heavy (non-hydrogen) atoms. The van der Waals surface area contributed by atoms with E-state index in [0.29, 0.717) is 25.6 Å². The van der Waals surface area contributed by atoms with E-state index in [0.717, 1.165) is 28.2 Å². The predicted molar refractivity (Wildman–Crippen MR) is 140 cm³/mol. The Balaban J connectivity index is 0.00000385. The average Bonchev–Trinajstić information content (AvgIpc) is 3.12. The predicted octanol–water partition coefficient (Wildman–Crippen LogP) is 3.27. The van der Waals surface area contributed by atoms with Gasteiger partial charge in [0.15, 0.2) is 5.96 Å². The molecule has 0 fully saturated rings. The standard InChI is InChI=1S/C24H29FN6O.HI/c1-17-14-18(2)31(30-17)22-7-5-4-6-20(22)16-29-24(26-3)28-13-12-27-23(32)15-19-8-10-21(25)11-9-19;/h4-11,14H,12-13,15-16H2,1-3H3,(H,27,32)(H2,26,28,29);1H. The first-order valence-corrected chi connectivity index (χ1v) is 10.5. The topological polar surface area (TPSA) is 83.3 Å². The summed E-state index contributed by atoms with van der Waals surface area (Å²) in [7, 11) is 1.70. The van der Waals surface area contributed by atoms with E-state index in [-0.39, 0.29) is 42.1 Å². The number of carbonyl (C=O) groups is 1. The van der Waals surface area contributed by atoms with Gasteiger partial charge in [-0.05, 0) is 49.2 Å². The maximum absolute atomic E-state index is 12.9. The molecule has 3 N–H and O–H groups in total. The lowest BCUT2D eigenvalue weighted by Crippen LogP contribution is -2.41. The van der Waals surface area contributed by atoms with Crippen molar-refractivity contribution in [2.24, 2.45) is 4.99 Å². The minimum absolute atomic E-state index is 0. The number of nitrogens with zero attached hydrogens (tertiary/aromatic N) is 3. The first-order chi connectivity index (χ1) is 15.5. The highest BCUT2D eigenvalue weighted by molar-refractivity contribution is 14.0. The summed E-state index contributed by atoms with van der Waals surface area (Å²) in [5.74, 6) is 0.218. The van der Waals surface area contributed by atoms with Crippen LogP contribution in [-0.2, 0) is 17.8 Å². The number of rotatable bonds is 8. The molecule has 0 bridgehead atoms. The summed E-state index contributed by atoms with van der Waals surface area (Å²) in [5.41, 5.74) is 4.94. The lowest BCUT2D eigenvalue weighted by Gasteiger charge is -2.15. The van der Waals surface area contributed by atoms with Gasteiger partial charge in [0.1, 0.15) is 5.82 Å². The highest BCUT2D eigenvalue weighted by Gasteiger charge is 2.09. The number of guanidine groups is 1. The SMILES string of the molecule is CN=C(NCCNC(=O)Cc1ccc(F)cc1)NCc1ccccc1-n1nc(C)cc1C.I. The van der Waals surface area contributed by atoms with Crippen LogP contribution in [0.3, 0.4) is 0 Å². The molecule has 0 atom stereocenters. The smallest absolute Gasteiger partial charge is 0.224 e. The van der Waals surface area contributed by atoms with Gasteiger partial charge < -0.3 is 16.0 Å². The van der Waals surface area contributed by atoms with Gasteiger partial charge in [-0.15, -0.1) is 24.0 Å². The molecule has 1 amide bonds. The molecule has 0 spiro atoms. The van der Waals surface area contributed by atoms with Crippen LogP contribution < -0.4 is 16.0 Å². The molecular weight excluding hydrogens is 534 g/mol. The zero-order chi connectivity index (χ0) is 22.9. The number of carbonyl (C=O) groups excluding carboxylic acids is 1. The van der Waals surface area contributed by atoms with E-state index < -0.39 is 0 Å². The first kappa shape index (κ1) is 26.3. The molecule has 3 rings (SSSR count). The monoisotopic (exact) mass is 564 g/mol. The highest BCUT2D eigenvalue weighted by Crippen LogP contribution is 2.16. The van der Waals surface area contributed by atoms with Gasteiger partial charge in [-0.1, -0.05) is 30.3 Å². The van der Waals surface area contributed by atoms with Crippen LogP contribution in [0.1, 0.15) is 22.5 Å². The van der Waals surface area contributed by atoms with Crippen molar-refractivity contribution in [1.82, 2.24) is 25.7 Å². The molecule has 0 saturated heterocycles. The minimum atomic E-state index is -0.310. The van der Waals surface area contributed by atoms with Crippen LogP contribution in [0.4, 0.5) is 4.39 Å². The van der Waals surface area contributed by atoms with Crippen LogP contribution in [0.15, 0.2) is 59.6 Å². The average molecular weight is 564 g/mol. The molecule has 1 heterocycles. The fraction of sp³-hybridized carbons (Fsp3) is 0.292. The lowest BCUT2D eigenvalue weighted by molar-refractivity contribution is -0.120. The number of hydrogen-bond acceptors (Lipinski definition) is 3. The van der Waals surface area contributed by atoms with Crippen LogP contribution >= 0.6 is 24.0 Å². The minimum Gasteiger partial charge on any atom is -0.355 e. The molecule has 7 nitrogen and oxygen atoms in total. The number of aliphatic imine (C=N–C) groups is 1. The van der Waals surface area contributed by atoms with Gasteiger partial charge in [-0.3, -0.25) is 9.79 Å². The summed E-state index contributed by atoms with van der Waals surface area (Å²) in [6.45, 7) is 5.56. The number of amides is 1. The molecule has 2 aromatic carbocycles. The Bertz CT molecular complexity index is 1080. The molecule has 0 radical (unpaired) electrons. The van der Waals surface area contributed by atoms with E-state index >= 15 is 0 Å². The maximum atomic E-state index is 12.9. The second-order valence-corrected chi connectivity index (χ2v) is 7.47. The molecule has 0 unspecified atom stereocenters. The maximum Gasteiger partial charge on any atom is 0.224 e. The van der Waals surface area contributed by atoms with Gasteiger partial charge in [0.2, 0.25) is 5.91 Å². The number of para-hydroxylation sites is 1. The Hall–Kier alpha value is -2.95. The largest absolute Gasteiger partial charge is 0.355 e. The van der Waals surface area contributed by atoms with E-state index in [9.17, 15) is 9.18 Å². The zero-order valence-electron chi connectivity index (χ0n) is 19.1. The fourth-order valence-corrected chi connectivity index (χ4v) is 3.37. The Kier molecular flexibility index (Phi) is 10.3. The molecule has 0 aliphatic carbocycles. The van der Waals surface area contributed by atoms with Gasteiger partial charge in [-0.25, -0.2) is 9.07 Å². The summed E-state index contributed by atoms with van der Waals surface area (Å²) in [6.07, 6.45) is 0.219. The van der Waals surface area contributed by atoms with E-state index in [1.165, 1.54) is 12.1 Å². The van der Waals surface area contributed by atoms with Crippen LogP contribution in [0, 0.1) is 19.7 Å². The highest BCUT2D eigenvalue weighted by atomic mass is 127. The van der Waals surface area contributed by atoms with Crippen molar-refractivity contribution >= 4 is 35.8 Å². The molecule has 0 aliphatic rings. The van der Waals surface area contributed by atoms with E-state index in [1.807, 2.05) is 36.7 Å². The van der Waals surface area contributed by atoms with Crippen LogP contribution in [0.2, 0.25) is 0 Å². The summed E-state index contributed by atoms with van der Waals surface area (Å²) in [6, 6.07) is 16.1. The van der Waals surface area contributed by atoms with Crippen molar-refractivity contribution in [3.63, 3.8) is 0 Å². The van der Waals surface area contributed by atoms with Crippen LogP contribution in [0.5, 0.6) is 0 Å². The number of aromatic nitrogens is 2. The first-order valence-electron chi connectivity index (χ1n) is 10.5. The van der Waals surface area contributed by atoms with Gasteiger partial charge >= 0.3 is 0 Å². The van der Waals surface area contributed by atoms with E-state index in [1.54, 1.807) is 19.2 Å². The van der Waals surface area contributed by atoms with Gasteiger partial charge in [-0.2, -0.15) is 5.10 Å². The molecule has 176 valence electrons. The number of nitrogens with one attached hydrogen (secondary N) is 3. The summed E-state index contributed by atoms with van der Waals surface area (Å²) < 4.78 is 14.9. The van der Waals surface area contributed by atoms with Crippen molar-refractivity contribution in [1.29, 1.82) is 0 Å². The number of hydrogen-bond donors (Lipinski definition) is 3. The molecule has 0 aliphatic heterocycles. The summed E-state index contributed by atoms with van der Waals surface area (Å²) >= 11 is 0. The van der Waals surface area contributed by atoms with Crippen molar-refractivity contribution in [3.05, 3.63) is 82.9 Å². The van der Waals surface area contributed by atoms with Crippen molar-refractivity contribution in [2.75, 3.05) is 20.1 Å².